The minimum Gasteiger partial charge on any atom is -0.497 e. The maximum Gasteiger partial charge on any atom is 0.271 e. The number of rotatable bonds is 9. The number of aromatic nitrogens is 1. The number of ether oxygens (including phenoxy) is 3. The van der Waals surface area contributed by atoms with Crippen molar-refractivity contribution in [3.8, 4) is 29.6 Å². The van der Waals surface area contributed by atoms with Crippen molar-refractivity contribution in [2.45, 2.75) is 26.8 Å². The Kier molecular flexibility index (Phi) is 8.69. The molecule has 9 heteroatoms. The third-order valence-electron chi connectivity index (χ3n) is 7.55. The molecule has 5 rings (SSSR count). The molecule has 43 heavy (non-hydrogen) atoms. The zero-order valence-electron chi connectivity index (χ0n) is 24.8. The number of hydrogen-bond donors (Lipinski definition) is 0. The lowest BCUT2D eigenvalue weighted by atomic mass is 9.93. The molecule has 0 bridgehead atoms. The molecule has 220 valence electrons. The topological polar surface area (TPSA) is 82.4 Å². The van der Waals surface area contributed by atoms with Gasteiger partial charge in [-0.25, -0.2) is 4.99 Å². The lowest BCUT2D eigenvalue weighted by Crippen LogP contribution is -2.43. The number of amides is 1. The van der Waals surface area contributed by atoms with Gasteiger partial charge in [-0.1, -0.05) is 47.6 Å². The monoisotopic (exact) mass is 595 g/mol. The molecule has 0 spiro atoms. The van der Waals surface area contributed by atoms with Crippen LogP contribution in [-0.2, 0) is 4.79 Å². The predicted molar refractivity (Wildman–Crippen MR) is 170 cm³/mol. The van der Waals surface area contributed by atoms with Gasteiger partial charge in [0.15, 0.2) is 4.80 Å². The number of carbonyl (C=O) groups excluding carboxylic acids is 1. The molecule has 0 saturated carbocycles. The summed E-state index contributed by atoms with van der Waals surface area (Å²) in [5, 5.41) is 1.92. The SMILES string of the molecule is C#CCOc1ccc2ccccc2c1/C=c1/sc2n(c1=O)[C@H](c1cc(OC)ccc1OC)C(C(=O)N(CC)CC)=C(C)N=2. The number of thiazole rings is 1. The summed E-state index contributed by atoms with van der Waals surface area (Å²) in [6.45, 7) is 6.78. The van der Waals surface area contributed by atoms with Crippen molar-refractivity contribution in [1.82, 2.24) is 9.47 Å². The Morgan fingerprint density at radius 3 is 2.53 bits per heavy atom. The molecule has 1 aliphatic heterocycles. The second-order valence-electron chi connectivity index (χ2n) is 9.86. The van der Waals surface area contributed by atoms with Crippen LogP contribution in [-0.4, -0.2) is 49.3 Å². The summed E-state index contributed by atoms with van der Waals surface area (Å²) < 4.78 is 19.2. The number of benzene rings is 3. The van der Waals surface area contributed by atoms with E-state index in [1.165, 1.54) is 11.3 Å². The van der Waals surface area contributed by atoms with Gasteiger partial charge in [0.05, 0.1) is 30.0 Å². The number of fused-ring (bicyclic) bond motifs is 2. The van der Waals surface area contributed by atoms with Gasteiger partial charge in [0.2, 0.25) is 0 Å². The van der Waals surface area contributed by atoms with Crippen molar-refractivity contribution in [2.24, 2.45) is 4.99 Å². The molecule has 0 aliphatic carbocycles. The molecule has 0 fully saturated rings. The smallest absolute Gasteiger partial charge is 0.271 e. The molecule has 0 saturated heterocycles. The first-order chi connectivity index (χ1) is 20.9. The fraction of sp³-hybridized carbons (Fsp3) is 0.265. The Labute approximate surface area is 254 Å². The van der Waals surface area contributed by atoms with Gasteiger partial charge < -0.3 is 19.1 Å². The Morgan fingerprint density at radius 1 is 1.09 bits per heavy atom. The van der Waals surface area contributed by atoms with Crippen molar-refractivity contribution in [3.05, 3.63) is 96.7 Å². The fourth-order valence-electron chi connectivity index (χ4n) is 5.42. The van der Waals surface area contributed by atoms with Crippen molar-refractivity contribution >= 4 is 34.1 Å². The zero-order chi connectivity index (χ0) is 30.7. The van der Waals surface area contributed by atoms with Crippen LogP contribution in [0.15, 0.2) is 75.7 Å². The van der Waals surface area contributed by atoms with Gasteiger partial charge in [0, 0.05) is 24.2 Å². The van der Waals surface area contributed by atoms with Gasteiger partial charge in [-0.3, -0.25) is 14.2 Å². The highest BCUT2D eigenvalue weighted by Gasteiger charge is 2.36. The Hall–Kier alpha value is -4.81. The Bertz CT molecular complexity index is 1960. The number of terminal acetylenes is 1. The van der Waals surface area contributed by atoms with Gasteiger partial charge >= 0.3 is 0 Å². The summed E-state index contributed by atoms with van der Waals surface area (Å²) in [5.41, 5.74) is 2.04. The maximum absolute atomic E-state index is 14.4. The summed E-state index contributed by atoms with van der Waals surface area (Å²) in [6, 6.07) is 16.3. The van der Waals surface area contributed by atoms with Gasteiger partial charge in [0.1, 0.15) is 29.9 Å². The van der Waals surface area contributed by atoms with Crippen LogP contribution in [0.5, 0.6) is 17.2 Å². The molecule has 1 aliphatic rings. The molecular formula is C34H33N3O5S. The van der Waals surface area contributed by atoms with Gasteiger partial charge in [0.25, 0.3) is 11.5 Å². The molecule has 4 aromatic rings. The number of likely N-dealkylation sites (N-methyl/N-ethyl adjacent to an activating group) is 1. The highest BCUT2D eigenvalue weighted by molar-refractivity contribution is 7.07. The van der Waals surface area contributed by atoms with Crippen LogP contribution in [0, 0.1) is 12.3 Å². The Morgan fingerprint density at radius 2 is 1.84 bits per heavy atom. The Balaban J connectivity index is 1.82. The lowest BCUT2D eigenvalue weighted by molar-refractivity contribution is -0.127. The zero-order valence-corrected chi connectivity index (χ0v) is 25.7. The van der Waals surface area contributed by atoms with E-state index in [0.29, 0.717) is 56.5 Å². The van der Waals surface area contributed by atoms with Crippen LogP contribution in [0.4, 0.5) is 0 Å². The van der Waals surface area contributed by atoms with E-state index in [4.69, 9.17) is 25.6 Å². The normalized spacial score (nSPS) is 14.6. The lowest BCUT2D eigenvalue weighted by Gasteiger charge is -2.30. The van der Waals surface area contributed by atoms with E-state index in [2.05, 4.69) is 5.92 Å². The molecule has 1 aromatic heterocycles. The maximum atomic E-state index is 14.4. The summed E-state index contributed by atoms with van der Waals surface area (Å²) >= 11 is 1.26. The van der Waals surface area contributed by atoms with Crippen LogP contribution in [0.2, 0.25) is 0 Å². The first-order valence-corrected chi connectivity index (χ1v) is 14.8. The molecule has 0 N–H and O–H groups in total. The summed E-state index contributed by atoms with van der Waals surface area (Å²) in [7, 11) is 3.14. The highest BCUT2D eigenvalue weighted by atomic mass is 32.1. The summed E-state index contributed by atoms with van der Waals surface area (Å²) in [6.07, 6.45) is 7.31. The minimum absolute atomic E-state index is 0.0894. The average molecular weight is 596 g/mol. The molecule has 0 unspecified atom stereocenters. The number of nitrogens with zero attached hydrogens (tertiary/aromatic N) is 3. The highest BCUT2D eigenvalue weighted by Crippen LogP contribution is 2.38. The molecular weight excluding hydrogens is 562 g/mol. The summed E-state index contributed by atoms with van der Waals surface area (Å²) in [4.78, 5) is 35.4. The molecule has 1 atom stereocenters. The van der Waals surface area contributed by atoms with Crippen molar-refractivity contribution in [2.75, 3.05) is 33.9 Å². The van der Waals surface area contributed by atoms with E-state index in [9.17, 15) is 9.59 Å². The third kappa shape index (κ3) is 5.42. The fourth-order valence-corrected chi connectivity index (χ4v) is 6.45. The van der Waals surface area contributed by atoms with E-state index in [1.54, 1.807) is 35.8 Å². The van der Waals surface area contributed by atoms with E-state index >= 15 is 0 Å². The van der Waals surface area contributed by atoms with Crippen molar-refractivity contribution < 1.29 is 19.0 Å². The van der Waals surface area contributed by atoms with E-state index in [1.807, 2.05) is 69.3 Å². The van der Waals surface area contributed by atoms with E-state index < -0.39 is 6.04 Å². The van der Waals surface area contributed by atoms with Crippen LogP contribution in [0.25, 0.3) is 16.8 Å². The van der Waals surface area contributed by atoms with Crippen molar-refractivity contribution in [3.63, 3.8) is 0 Å². The number of methoxy groups -OCH3 is 2. The molecule has 0 radical (unpaired) electrons. The molecule has 1 amide bonds. The average Bonchev–Trinajstić information content (AvgIpc) is 3.33. The quantitative estimate of drug-likeness (QED) is 0.270. The van der Waals surface area contributed by atoms with Crippen LogP contribution in [0.1, 0.15) is 37.9 Å². The predicted octanol–water partition coefficient (Wildman–Crippen LogP) is 4.29. The van der Waals surface area contributed by atoms with Crippen LogP contribution < -0.4 is 29.1 Å². The second-order valence-corrected chi connectivity index (χ2v) is 10.9. The minimum atomic E-state index is -0.791. The number of hydrogen-bond acceptors (Lipinski definition) is 7. The van der Waals surface area contributed by atoms with Crippen LogP contribution >= 0.6 is 11.3 Å². The summed E-state index contributed by atoms with van der Waals surface area (Å²) in [5.74, 6) is 4.00. The molecule has 8 nitrogen and oxygen atoms in total. The first-order valence-electron chi connectivity index (χ1n) is 14.0. The number of allylic oxidation sites excluding steroid dienone is 1. The molecule has 3 aromatic carbocycles. The number of carbonyl (C=O) groups is 1. The standard InChI is InChI=1S/C34H33N3O5S/c1-7-18-42-28-16-14-22-12-10-11-13-24(22)25(28)20-29-32(38)37-31(26-19-23(40-5)15-17-27(26)41-6)30(21(4)35-34(37)43-29)33(39)36(8-2)9-3/h1,10-17,19-20,31H,8-9,18H2,2-6H3/b29-20+/t31-/m1/s1. The second kappa shape index (κ2) is 12.6. The first kappa shape index (κ1) is 29.7. The largest absolute Gasteiger partial charge is 0.497 e. The van der Waals surface area contributed by atoms with Crippen molar-refractivity contribution in [1.29, 1.82) is 0 Å². The van der Waals surface area contributed by atoms with Gasteiger partial charge in [-0.15, -0.1) is 6.42 Å². The van der Waals surface area contributed by atoms with E-state index in [-0.39, 0.29) is 18.1 Å². The molecule has 2 heterocycles. The van der Waals surface area contributed by atoms with E-state index in [0.717, 1.165) is 16.3 Å². The van der Waals surface area contributed by atoms with Gasteiger partial charge in [-0.05, 0) is 61.9 Å². The van der Waals surface area contributed by atoms with Gasteiger partial charge in [-0.2, -0.15) is 0 Å². The third-order valence-corrected chi connectivity index (χ3v) is 8.53. The van der Waals surface area contributed by atoms with Crippen LogP contribution in [0.3, 0.4) is 0 Å².